The molecule has 5 nitrogen and oxygen atoms in total. The Morgan fingerprint density at radius 1 is 1.47 bits per heavy atom. The molecule has 0 radical (unpaired) electrons. The molecule has 17 heavy (non-hydrogen) atoms. The first-order valence-corrected chi connectivity index (χ1v) is 6.28. The molecule has 2 atom stereocenters. The Balaban J connectivity index is 2.57. The summed E-state index contributed by atoms with van der Waals surface area (Å²) in [5.41, 5.74) is 0. The van der Waals surface area contributed by atoms with Crippen LogP contribution in [0.4, 0.5) is 0 Å². The number of rotatable bonds is 6. The minimum Gasteiger partial charge on any atom is -0.377 e. The Kier molecular flexibility index (Phi) is 5.41. The van der Waals surface area contributed by atoms with Gasteiger partial charge in [-0.15, -0.1) is 0 Å². The van der Waals surface area contributed by atoms with Gasteiger partial charge >= 0.3 is 0 Å². The van der Waals surface area contributed by atoms with Gasteiger partial charge < -0.3 is 15.0 Å². The van der Waals surface area contributed by atoms with Crippen LogP contribution in [0.3, 0.4) is 0 Å². The number of carbonyl (C=O) groups is 2. The van der Waals surface area contributed by atoms with E-state index in [1.165, 1.54) is 0 Å². The molecule has 0 saturated carbocycles. The second kappa shape index (κ2) is 6.59. The molecule has 1 heterocycles. The molecule has 2 unspecified atom stereocenters. The molecule has 98 valence electrons. The molecule has 0 spiro atoms. The maximum Gasteiger partial charge on any atom is 0.245 e. The van der Waals surface area contributed by atoms with E-state index in [4.69, 9.17) is 4.74 Å². The Morgan fingerprint density at radius 2 is 2.18 bits per heavy atom. The van der Waals surface area contributed by atoms with Crippen molar-refractivity contribution in [1.29, 1.82) is 0 Å². The van der Waals surface area contributed by atoms with Gasteiger partial charge in [-0.1, -0.05) is 13.3 Å². The third-order valence-electron chi connectivity index (χ3n) is 2.79. The van der Waals surface area contributed by atoms with E-state index in [-0.39, 0.29) is 30.5 Å². The quantitative estimate of drug-likeness (QED) is 0.739. The van der Waals surface area contributed by atoms with E-state index >= 15 is 0 Å². The number of nitrogens with zero attached hydrogens (tertiary/aromatic N) is 1. The highest BCUT2D eigenvalue weighted by Crippen LogP contribution is 2.09. The van der Waals surface area contributed by atoms with Crippen molar-refractivity contribution in [2.75, 3.05) is 19.7 Å². The van der Waals surface area contributed by atoms with Crippen molar-refractivity contribution in [3.8, 4) is 0 Å². The predicted molar refractivity (Wildman–Crippen MR) is 64.5 cm³/mol. The first-order chi connectivity index (χ1) is 8.08. The third kappa shape index (κ3) is 4.00. The smallest absolute Gasteiger partial charge is 0.245 e. The fraction of sp³-hybridized carbons (Fsp3) is 0.833. The predicted octanol–water partition coefficient (Wildman–Crippen LogP) is 0.538. The van der Waals surface area contributed by atoms with Crippen LogP contribution in [-0.2, 0) is 14.3 Å². The number of amides is 2. The van der Waals surface area contributed by atoms with E-state index in [1.54, 1.807) is 4.90 Å². The molecule has 1 aliphatic rings. The van der Waals surface area contributed by atoms with Crippen molar-refractivity contribution in [3.63, 3.8) is 0 Å². The lowest BCUT2D eigenvalue weighted by Gasteiger charge is -2.33. The fourth-order valence-electron chi connectivity index (χ4n) is 2.06. The second-order valence-corrected chi connectivity index (χ2v) is 4.39. The molecule has 0 bridgehead atoms. The van der Waals surface area contributed by atoms with Crippen LogP contribution < -0.4 is 5.32 Å². The van der Waals surface area contributed by atoms with Crippen LogP contribution in [0.5, 0.6) is 0 Å². The van der Waals surface area contributed by atoms with Crippen LogP contribution in [0.25, 0.3) is 0 Å². The van der Waals surface area contributed by atoms with Crippen LogP contribution in [-0.4, -0.2) is 48.6 Å². The van der Waals surface area contributed by atoms with Crippen LogP contribution in [0.2, 0.25) is 0 Å². The zero-order chi connectivity index (χ0) is 12.8. The topological polar surface area (TPSA) is 58.6 Å². The summed E-state index contributed by atoms with van der Waals surface area (Å²) in [6, 6.07) is -0.352. The summed E-state index contributed by atoms with van der Waals surface area (Å²) in [5, 5.41) is 2.73. The standard InChI is InChI=1S/C12H22N2O3/c1-4-6-10-12(16)14(8-11(15)13-10)7-9(3)17-5-2/h9-10H,4-8H2,1-3H3,(H,13,15). The van der Waals surface area contributed by atoms with E-state index in [0.29, 0.717) is 19.6 Å². The summed E-state index contributed by atoms with van der Waals surface area (Å²) < 4.78 is 5.40. The summed E-state index contributed by atoms with van der Waals surface area (Å²) in [6.45, 7) is 7.09. The largest absolute Gasteiger partial charge is 0.377 e. The van der Waals surface area contributed by atoms with Gasteiger partial charge in [-0.3, -0.25) is 9.59 Å². The van der Waals surface area contributed by atoms with Gasteiger partial charge in [0.15, 0.2) is 0 Å². The summed E-state index contributed by atoms with van der Waals surface area (Å²) in [7, 11) is 0. The Bertz CT molecular complexity index is 281. The summed E-state index contributed by atoms with van der Waals surface area (Å²) in [6.07, 6.45) is 1.55. The Labute approximate surface area is 102 Å². The monoisotopic (exact) mass is 242 g/mol. The minimum absolute atomic E-state index is 0.0120. The molecule has 1 aliphatic heterocycles. The Morgan fingerprint density at radius 3 is 2.76 bits per heavy atom. The number of carbonyl (C=O) groups excluding carboxylic acids is 2. The maximum atomic E-state index is 12.1. The second-order valence-electron chi connectivity index (χ2n) is 4.39. The van der Waals surface area contributed by atoms with Crippen molar-refractivity contribution in [2.24, 2.45) is 0 Å². The van der Waals surface area contributed by atoms with Gasteiger partial charge in [0.1, 0.15) is 6.04 Å². The van der Waals surface area contributed by atoms with Crippen LogP contribution >= 0.6 is 0 Å². The maximum absolute atomic E-state index is 12.1. The van der Waals surface area contributed by atoms with E-state index in [2.05, 4.69) is 5.32 Å². The van der Waals surface area contributed by atoms with Crippen molar-refractivity contribution >= 4 is 11.8 Å². The first kappa shape index (κ1) is 14.0. The SMILES string of the molecule is CCCC1NC(=O)CN(CC(C)OCC)C1=O. The molecule has 0 aromatic heterocycles. The molecule has 5 heteroatoms. The van der Waals surface area contributed by atoms with E-state index in [9.17, 15) is 9.59 Å². The van der Waals surface area contributed by atoms with Gasteiger partial charge in [-0.25, -0.2) is 0 Å². The lowest BCUT2D eigenvalue weighted by molar-refractivity contribution is -0.146. The van der Waals surface area contributed by atoms with Crippen molar-refractivity contribution in [3.05, 3.63) is 0 Å². The summed E-state index contributed by atoms with van der Waals surface area (Å²) in [4.78, 5) is 25.2. The molecule has 1 N–H and O–H groups in total. The normalized spacial score (nSPS) is 22.5. The van der Waals surface area contributed by atoms with E-state index < -0.39 is 0 Å². The number of nitrogens with one attached hydrogen (secondary N) is 1. The average Bonchev–Trinajstić information content (AvgIpc) is 2.25. The van der Waals surface area contributed by atoms with Crippen molar-refractivity contribution in [1.82, 2.24) is 10.2 Å². The molecular formula is C12H22N2O3. The highest BCUT2D eigenvalue weighted by Gasteiger charge is 2.32. The molecule has 0 aromatic carbocycles. The lowest BCUT2D eigenvalue weighted by atomic mass is 10.1. The molecule has 1 saturated heterocycles. The van der Waals surface area contributed by atoms with E-state index in [0.717, 1.165) is 6.42 Å². The number of ether oxygens (including phenoxy) is 1. The van der Waals surface area contributed by atoms with Crippen LogP contribution in [0, 0.1) is 0 Å². The van der Waals surface area contributed by atoms with Gasteiger partial charge in [0.25, 0.3) is 0 Å². The molecule has 0 aliphatic carbocycles. The van der Waals surface area contributed by atoms with Gasteiger partial charge in [-0.2, -0.15) is 0 Å². The highest BCUT2D eigenvalue weighted by atomic mass is 16.5. The number of hydrogen-bond donors (Lipinski definition) is 1. The summed E-state index contributed by atoms with van der Waals surface area (Å²) >= 11 is 0. The zero-order valence-corrected chi connectivity index (χ0v) is 10.9. The summed E-state index contributed by atoms with van der Waals surface area (Å²) in [5.74, 6) is -0.0650. The van der Waals surface area contributed by atoms with Gasteiger partial charge in [0, 0.05) is 13.2 Å². The average molecular weight is 242 g/mol. The van der Waals surface area contributed by atoms with Gasteiger partial charge in [0.05, 0.1) is 12.6 Å². The first-order valence-electron chi connectivity index (χ1n) is 6.28. The molecule has 0 aromatic rings. The lowest BCUT2D eigenvalue weighted by Crippen LogP contribution is -2.59. The molecule has 1 fully saturated rings. The van der Waals surface area contributed by atoms with Gasteiger partial charge in [-0.05, 0) is 20.3 Å². The van der Waals surface area contributed by atoms with Crippen molar-refractivity contribution < 1.29 is 14.3 Å². The Hall–Kier alpha value is -1.10. The third-order valence-corrected chi connectivity index (χ3v) is 2.79. The fourth-order valence-corrected chi connectivity index (χ4v) is 2.06. The van der Waals surface area contributed by atoms with E-state index in [1.807, 2.05) is 20.8 Å². The van der Waals surface area contributed by atoms with Crippen molar-refractivity contribution in [2.45, 2.75) is 45.8 Å². The molecule has 2 amide bonds. The minimum atomic E-state index is -0.352. The van der Waals surface area contributed by atoms with Crippen LogP contribution in [0.15, 0.2) is 0 Å². The van der Waals surface area contributed by atoms with Crippen LogP contribution in [0.1, 0.15) is 33.6 Å². The highest BCUT2D eigenvalue weighted by molar-refractivity contribution is 5.94. The number of piperazine rings is 1. The number of hydrogen-bond acceptors (Lipinski definition) is 3. The molecule has 1 rings (SSSR count). The molecular weight excluding hydrogens is 220 g/mol. The van der Waals surface area contributed by atoms with Gasteiger partial charge in [0.2, 0.25) is 11.8 Å². The zero-order valence-electron chi connectivity index (χ0n) is 10.9.